The Balaban J connectivity index is 2.19. The second kappa shape index (κ2) is 4.49. The van der Waals surface area contributed by atoms with Crippen molar-refractivity contribution in [2.45, 2.75) is 12.8 Å². The molecule has 0 aliphatic rings. The smallest absolute Gasteiger partial charge is 0.322 e. The maximum atomic E-state index is 5.71. The average Bonchev–Trinajstić information content (AvgIpc) is 2.64. The van der Waals surface area contributed by atoms with Crippen LogP contribution in [0.1, 0.15) is 11.3 Å². The van der Waals surface area contributed by atoms with Crippen molar-refractivity contribution in [3.05, 3.63) is 29.8 Å². The molecule has 6 heteroatoms. The summed E-state index contributed by atoms with van der Waals surface area (Å²) in [6.45, 7) is 1.87. The van der Waals surface area contributed by atoms with Gasteiger partial charge in [-0.15, -0.1) is 11.6 Å². The van der Waals surface area contributed by atoms with Crippen LogP contribution in [0.4, 0.5) is 0 Å². The van der Waals surface area contributed by atoms with Crippen molar-refractivity contribution >= 4 is 11.6 Å². The molecule has 0 aliphatic carbocycles. The molecule has 2 aromatic heterocycles. The Morgan fingerprint density at radius 2 is 2.25 bits per heavy atom. The molecule has 0 aliphatic heterocycles. The first-order chi connectivity index (χ1) is 7.69. The normalized spacial score (nSPS) is 10.4. The molecule has 0 atom stereocenters. The van der Waals surface area contributed by atoms with Crippen molar-refractivity contribution in [2.75, 3.05) is 0 Å². The maximum absolute atomic E-state index is 5.71. The zero-order valence-electron chi connectivity index (χ0n) is 9.01. The molecule has 0 amide bonds. The third-order valence-corrected chi connectivity index (χ3v) is 2.38. The molecule has 0 bridgehead atoms. The van der Waals surface area contributed by atoms with Crippen LogP contribution in [-0.2, 0) is 12.9 Å². The van der Waals surface area contributed by atoms with Crippen molar-refractivity contribution in [2.24, 2.45) is 7.05 Å². The number of aryl methyl sites for hydroxylation is 2. The standard InChI is InChI=1S/C10H11ClN4O/c1-7-8(3-11)4-12-10(14-7)16-9-5-13-15(2)6-9/h4-6H,3H2,1-2H3. The lowest BCUT2D eigenvalue weighted by molar-refractivity contribution is 0.439. The van der Waals surface area contributed by atoms with Gasteiger partial charge in [0.1, 0.15) is 0 Å². The lowest BCUT2D eigenvalue weighted by Gasteiger charge is -2.03. The van der Waals surface area contributed by atoms with E-state index in [-0.39, 0.29) is 0 Å². The molecule has 16 heavy (non-hydrogen) atoms. The number of aromatic nitrogens is 4. The molecule has 0 radical (unpaired) electrons. The topological polar surface area (TPSA) is 52.8 Å². The van der Waals surface area contributed by atoms with Gasteiger partial charge in [-0.25, -0.2) is 4.98 Å². The lowest BCUT2D eigenvalue weighted by Crippen LogP contribution is -1.96. The number of alkyl halides is 1. The van der Waals surface area contributed by atoms with Gasteiger partial charge in [-0.3, -0.25) is 4.68 Å². The molecule has 0 fully saturated rings. The minimum Gasteiger partial charge on any atom is -0.421 e. The van der Waals surface area contributed by atoms with Crippen LogP contribution in [0.2, 0.25) is 0 Å². The Morgan fingerprint density at radius 3 is 2.81 bits per heavy atom. The predicted octanol–water partition coefficient (Wildman–Crippen LogP) is 2.05. The van der Waals surface area contributed by atoms with Crippen LogP contribution in [0.25, 0.3) is 0 Å². The van der Waals surface area contributed by atoms with Gasteiger partial charge in [-0.1, -0.05) is 0 Å². The van der Waals surface area contributed by atoms with Gasteiger partial charge in [-0.05, 0) is 6.92 Å². The fraction of sp³-hybridized carbons (Fsp3) is 0.300. The first-order valence-electron chi connectivity index (χ1n) is 4.74. The summed E-state index contributed by atoms with van der Waals surface area (Å²) in [5.41, 5.74) is 1.73. The summed E-state index contributed by atoms with van der Waals surface area (Å²) in [5, 5.41) is 3.98. The summed E-state index contributed by atoms with van der Waals surface area (Å²) in [4.78, 5) is 8.25. The molecule has 0 aromatic carbocycles. The highest BCUT2D eigenvalue weighted by Gasteiger charge is 2.05. The number of rotatable bonds is 3. The monoisotopic (exact) mass is 238 g/mol. The van der Waals surface area contributed by atoms with Crippen LogP contribution in [-0.4, -0.2) is 19.7 Å². The van der Waals surface area contributed by atoms with E-state index in [2.05, 4.69) is 15.1 Å². The minimum atomic E-state index is 0.305. The molecular weight excluding hydrogens is 228 g/mol. The van der Waals surface area contributed by atoms with Crippen LogP contribution in [0, 0.1) is 6.92 Å². The van der Waals surface area contributed by atoms with Gasteiger partial charge in [0.15, 0.2) is 5.75 Å². The van der Waals surface area contributed by atoms with Gasteiger partial charge in [0.25, 0.3) is 0 Å². The third kappa shape index (κ3) is 2.30. The minimum absolute atomic E-state index is 0.305. The molecule has 2 heterocycles. The summed E-state index contributed by atoms with van der Waals surface area (Å²) >= 11 is 5.71. The van der Waals surface area contributed by atoms with Gasteiger partial charge < -0.3 is 4.74 Å². The summed E-state index contributed by atoms with van der Waals surface area (Å²) in [6.07, 6.45) is 5.02. The van der Waals surface area contributed by atoms with E-state index >= 15 is 0 Å². The first-order valence-corrected chi connectivity index (χ1v) is 5.27. The highest BCUT2D eigenvalue weighted by molar-refractivity contribution is 6.17. The molecular formula is C10H11ClN4O. The molecule has 0 N–H and O–H groups in total. The first kappa shape index (κ1) is 10.9. The second-order valence-electron chi connectivity index (χ2n) is 3.35. The van der Waals surface area contributed by atoms with Crippen LogP contribution in [0.15, 0.2) is 18.6 Å². The van der Waals surface area contributed by atoms with Crippen molar-refractivity contribution in [3.8, 4) is 11.8 Å². The molecule has 2 aromatic rings. The number of ether oxygens (including phenoxy) is 1. The van der Waals surface area contributed by atoms with Crippen LogP contribution in [0.5, 0.6) is 11.8 Å². The molecule has 5 nitrogen and oxygen atoms in total. The lowest BCUT2D eigenvalue weighted by atomic mass is 10.3. The molecule has 2 rings (SSSR count). The summed E-state index contributed by atoms with van der Waals surface area (Å²) in [6, 6.07) is 0.305. The predicted molar refractivity (Wildman–Crippen MR) is 59.6 cm³/mol. The SMILES string of the molecule is Cc1nc(Oc2cnn(C)c2)ncc1CCl. The number of nitrogens with zero attached hydrogens (tertiary/aromatic N) is 4. The van der Waals surface area contributed by atoms with E-state index in [1.807, 2.05) is 14.0 Å². The van der Waals surface area contributed by atoms with E-state index in [0.29, 0.717) is 17.6 Å². The van der Waals surface area contributed by atoms with E-state index in [9.17, 15) is 0 Å². The van der Waals surface area contributed by atoms with Gasteiger partial charge in [-0.2, -0.15) is 10.1 Å². The molecule has 0 saturated carbocycles. The maximum Gasteiger partial charge on any atom is 0.322 e. The van der Waals surface area contributed by atoms with Crippen LogP contribution >= 0.6 is 11.6 Å². The summed E-state index contributed by atoms with van der Waals surface area (Å²) in [5.74, 6) is 1.01. The Labute approximate surface area is 98.0 Å². The van der Waals surface area contributed by atoms with Crippen molar-refractivity contribution in [3.63, 3.8) is 0 Å². The number of hydrogen-bond acceptors (Lipinski definition) is 4. The van der Waals surface area contributed by atoms with Crippen molar-refractivity contribution in [1.82, 2.24) is 19.7 Å². The zero-order valence-corrected chi connectivity index (χ0v) is 9.77. The Kier molecular flexibility index (Phi) is 3.05. The van der Waals surface area contributed by atoms with E-state index in [4.69, 9.17) is 16.3 Å². The van der Waals surface area contributed by atoms with E-state index < -0.39 is 0 Å². The van der Waals surface area contributed by atoms with E-state index in [0.717, 1.165) is 11.3 Å². The highest BCUT2D eigenvalue weighted by atomic mass is 35.5. The fourth-order valence-electron chi connectivity index (χ4n) is 1.21. The van der Waals surface area contributed by atoms with Gasteiger partial charge >= 0.3 is 6.01 Å². The Hall–Kier alpha value is -1.62. The van der Waals surface area contributed by atoms with E-state index in [1.54, 1.807) is 23.3 Å². The van der Waals surface area contributed by atoms with Crippen LogP contribution < -0.4 is 4.74 Å². The third-order valence-electron chi connectivity index (χ3n) is 2.09. The average molecular weight is 239 g/mol. The van der Waals surface area contributed by atoms with Crippen molar-refractivity contribution < 1.29 is 4.74 Å². The molecule has 0 spiro atoms. The molecule has 0 unspecified atom stereocenters. The van der Waals surface area contributed by atoms with Gasteiger partial charge in [0.05, 0.1) is 18.3 Å². The quantitative estimate of drug-likeness (QED) is 0.768. The number of hydrogen-bond donors (Lipinski definition) is 0. The van der Waals surface area contributed by atoms with Gasteiger partial charge in [0, 0.05) is 24.5 Å². The van der Waals surface area contributed by atoms with Crippen LogP contribution in [0.3, 0.4) is 0 Å². The second-order valence-corrected chi connectivity index (χ2v) is 3.62. The Bertz CT molecular complexity index is 497. The van der Waals surface area contributed by atoms with Gasteiger partial charge in [0.2, 0.25) is 0 Å². The number of halogens is 1. The molecule has 0 saturated heterocycles. The van der Waals surface area contributed by atoms with E-state index in [1.165, 1.54) is 0 Å². The Morgan fingerprint density at radius 1 is 1.44 bits per heavy atom. The highest BCUT2D eigenvalue weighted by Crippen LogP contribution is 2.17. The summed E-state index contributed by atoms with van der Waals surface area (Å²) in [7, 11) is 1.82. The largest absolute Gasteiger partial charge is 0.421 e. The molecule has 84 valence electrons. The zero-order chi connectivity index (χ0) is 11.5. The van der Waals surface area contributed by atoms with Crippen molar-refractivity contribution in [1.29, 1.82) is 0 Å². The summed E-state index contributed by atoms with van der Waals surface area (Å²) < 4.78 is 7.08. The fourth-order valence-corrected chi connectivity index (χ4v) is 1.47.